The first-order valence-corrected chi connectivity index (χ1v) is 8.31. The van der Waals surface area contributed by atoms with Crippen molar-refractivity contribution < 1.29 is 9.18 Å². The zero-order valence-electron chi connectivity index (χ0n) is 13.6. The normalized spacial score (nSPS) is 10.5. The third-order valence-corrected chi connectivity index (χ3v) is 4.02. The summed E-state index contributed by atoms with van der Waals surface area (Å²) in [4.78, 5) is 20.9. The van der Waals surface area contributed by atoms with E-state index in [1.54, 1.807) is 37.3 Å². The van der Waals surface area contributed by atoms with Crippen LogP contribution in [0.5, 0.6) is 0 Å². The lowest BCUT2D eigenvalue weighted by Gasteiger charge is -2.11. The molecule has 0 atom stereocenters. The Labute approximate surface area is 159 Å². The first-order chi connectivity index (χ1) is 12.4. The molecule has 3 rings (SSSR count). The van der Waals surface area contributed by atoms with Gasteiger partial charge in [-0.2, -0.15) is 0 Å². The Morgan fingerprint density at radius 1 is 1.04 bits per heavy atom. The first kappa shape index (κ1) is 18.1. The summed E-state index contributed by atoms with van der Waals surface area (Å²) in [7, 11) is 0. The summed E-state index contributed by atoms with van der Waals surface area (Å²) in [6.45, 7) is 1.73. The van der Waals surface area contributed by atoms with E-state index in [9.17, 15) is 9.18 Å². The molecule has 0 aliphatic rings. The van der Waals surface area contributed by atoms with Crippen LogP contribution >= 0.6 is 23.2 Å². The molecule has 0 spiro atoms. The predicted molar refractivity (Wildman–Crippen MR) is 101 cm³/mol. The van der Waals surface area contributed by atoms with Crippen LogP contribution in [0.1, 0.15) is 16.2 Å². The second-order valence-corrected chi connectivity index (χ2v) is 6.22. The number of benzene rings is 2. The Morgan fingerprint density at radius 3 is 2.35 bits per heavy atom. The maximum absolute atomic E-state index is 13.0. The molecule has 8 heteroatoms. The SMILES string of the molecule is Cc1cc(C(=O)Nc2c(Cl)cccc2Cl)nc(Nc2ccc(F)cc2)n1. The van der Waals surface area contributed by atoms with Crippen molar-refractivity contribution in [3.05, 3.63) is 75.8 Å². The smallest absolute Gasteiger partial charge is 0.274 e. The maximum Gasteiger partial charge on any atom is 0.274 e. The van der Waals surface area contributed by atoms with E-state index < -0.39 is 5.91 Å². The molecule has 0 aliphatic carbocycles. The number of hydrogen-bond donors (Lipinski definition) is 2. The lowest BCUT2D eigenvalue weighted by molar-refractivity contribution is 0.102. The van der Waals surface area contributed by atoms with E-state index in [2.05, 4.69) is 20.6 Å². The first-order valence-electron chi connectivity index (χ1n) is 7.56. The van der Waals surface area contributed by atoms with Crippen molar-refractivity contribution in [2.75, 3.05) is 10.6 Å². The third-order valence-electron chi connectivity index (χ3n) is 3.39. The van der Waals surface area contributed by atoms with Crippen LogP contribution in [0.25, 0.3) is 0 Å². The molecule has 0 saturated carbocycles. The quantitative estimate of drug-likeness (QED) is 0.640. The highest BCUT2D eigenvalue weighted by molar-refractivity contribution is 6.40. The van der Waals surface area contributed by atoms with E-state index in [0.717, 1.165) is 0 Å². The fourth-order valence-corrected chi connectivity index (χ4v) is 2.69. The third kappa shape index (κ3) is 4.28. The van der Waals surface area contributed by atoms with Crippen LogP contribution in [0, 0.1) is 12.7 Å². The Bertz CT molecular complexity index is 944. The fourth-order valence-electron chi connectivity index (χ4n) is 2.20. The number of halogens is 3. The highest BCUT2D eigenvalue weighted by Crippen LogP contribution is 2.30. The number of aryl methyl sites for hydroxylation is 1. The molecule has 0 fully saturated rings. The number of carbonyl (C=O) groups is 1. The van der Waals surface area contributed by atoms with Crippen LogP contribution in [-0.2, 0) is 0 Å². The summed E-state index contributed by atoms with van der Waals surface area (Å²) in [6, 6.07) is 12.2. The number of nitrogens with one attached hydrogen (secondary N) is 2. The van der Waals surface area contributed by atoms with Crippen LogP contribution in [-0.4, -0.2) is 15.9 Å². The Morgan fingerprint density at radius 2 is 1.69 bits per heavy atom. The van der Waals surface area contributed by atoms with Gasteiger partial charge in [0, 0.05) is 11.4 Å². The molecular weight excluding hydrogens is 378 g/mol. The van der Waals surface area contributed by atoms with Gasteiger partial charge in [-0.3, -0.25) is 4.79 Å². The second kappa shape index (κ2) is 7.68. The van der Waals surface area contributed by atoms with Gasteiger partial charge in [-0.1, -0.05) is 29.3 Å². The molecule has 2 aromatic carbocycles. The number of amides is 1. The summed E-state index contributed by atoms with van der Waals surface area (Å²) < 4.78 is 13.0. The van der Waals surface area contributed by atoms with Crippen molar-refractivity contribution >= 4 is 46.4 Å². The Hall–Kier alpha value is -2.70. The number of aromatic nitrogens is 2. The van der Waals surface area contributed by atoms with Gasteiger partial charge in [0.15, 0.2) is 0 Å². The van der Waals surface area contributed by atoms with E-state index in [4.69, 9.17) is 23.2 Å². The second-order valence-electron chi connectivity index (χ2n) is 5.40. The summed E-state index contributed by atoms with van der Waals surface area (Å²) in [5.41, 5.74) is 1.63. The monoisotopic (exact) mass is 390 g/mol. The minimum atomic E-state index is -0.479. The van der Waals surface area contributed by atoms with Gasteiger partial charge in [-0.25, -0.2) is 14.4 Å². The summed E-state index contributed by atoms with van der Waals surface area (Å²) >= 11 is 12.1. The molecule has 1 aromatic heterocycles. The van der Waals surface area contributed by atoms with Crippen LogP contribution in [0.3, 0.4) is 0 Å². The van der Waals surface area contributed by atoms with Crippen molar-refractivity contribution in [2.24, 2.45) is 0 Å². The molecule has 0 aliphatic heterocycles. The van der Waals surface area contributed by atoms with Gasteiger partial charge in [0.2, 0.25) is 5.95 Å². The summed E-state index contributed by atoms with van der Waals surface area (Å²) in [6.07, 6.45) is 0. The van der Waals surface area contributed by atoms with Gasteiger partial charge in [-0.05, 0) is 49.4 Å². The van der Waals surface area contributed by atoms with Crippen LogP contribution in [0.15, 0.2) is 48.5 Å². The summed E-state index contributed by atoms with van der Waals surface area (Å²) in [5, 5.41) is 6.22. The number of carbonyl (C=O) groups excluding carboxylic acids is 1. The van der Waals surface area contributed by atoms with Gasteiger partial charge in [0.1, 0.15) is 11.5 Å². The van der Waals surface area contributed by atoms with Crippen molar-refractivity contribution in [1.29, 1.82) is 0 Å². The standard InChI is InChI=1S/C18H13Cl2FN4O/c1-10-9-15(17(26)25-16-13(19)3-2-4-14(16)20)24-18(22-10)23-12-7-5-11(21)6-8-12/h2-9H,1H3,(H,25,26)(H,22,23,24). The Balaban J connectivity index is 1.84. The lowest BCUT2D eigenvalue weighted by atomic mass is 10.2. The molecule has 5 nitrogen and oxygen atoms in total. The zero-order valence-corrected chi connectivity index (χ0v) is 15.1. The molecule has 0 saturated heterocycles. The fraction of sp³-hybridized carbons (Fsp3) is 0.0556. The van der Waals surface area contributed by atoms with Crippen molar-refractivity contribution in [2.45, 2.75) is 6.92 Å². The van der Waals surface area contributed by atoms with E-state index in [1.807, 2.05) is 0 Å². The molecule has 26 heavy (non-hydrogen) atoms. The Kier molecular flexibility index (Phi) is 5.35. The van der Waals surface area contributed by atoms with Crippen LogP contribution in [0.4, 0.5) is 21.7 Å². The topological polar surface area (TPSA) is 66.9 Å². The van der Waals surface area contributed by atoms with E-state index in [1.165, 1.54) is 18.2 Å². The minimum Gasteiger partial charge on any atom is -0.324 e. The van der Waals surface area contributed by atoms with E-state index >= 15 is 0 Å². The number of anilines is 3. The predicted octanol–water partition coefficient (Wildman–Crippen LogP) is 5.23. The highest BCUT2D eigenvalue weighted by Gasteiger charge is 2.14. The average molecular weight is 391 g/mol. The van der Waals surface area contributed by atoms with Gasteiger partial charge in [0.05, 0.1) is 15.7 Å². The largest absolute Gasteiger partial charge is 0.324 e. The number of nitrogens with zero attached hydrogens (tertiary/aromatic N) is 2. The van der Waals surface area contributed by atoms with Crippen molar-refractivity contribution in [3.8, 4) is 0 Å². The zero-order chi connectivity index (χ0) is 18.7. The van der Waals surface area contributed by atoms with Gasteiger partial charge >= 0.3 is 0 Å². The van der Waals surface area contributed by atoms with Crippen LogP contribution < -0.4 is 10.6 Å². The molecule has 1 heterocycles. The molecule has 0 radical (unpaired) electrons. The van der Waals surface area contributed by atoms with Gasteiger partial charge < -0.3 is 10.6 Å². The average Bonchev–Trinajstić information content (AvgIpc) is 2.59. The summed E-state index contributed by atoms with van der Waals surface area (Å²) in [5.74, 6) is -0.614. The molecular formula is C18H13Cl2FN4O. The molecule has 132 valence electrons. The number of rotatable bonds is 4. The van der Waals surface area contributed by atoms with Gasteiger partial charge in [0.25, 0.3) is 5.91 Å². The number of hydrogen-bond acceptors (Lipinski definition) is 4. The lowest BCUT2D eigenvalue weighted by Crippen LogP contribution is -2.16. The van der Waals surface area contributed by atoms with E-state index in [-0.39, 0.29) is 17.5 Å². The van der Waals surface area contributed by atoms with E-state index in [0.29, 0.717) is 27.1 Å². The van der Waals surface area contributed by atoms with Crippen LogP contribution in [0.2, 0.25) is 10.0 Å². The van der Waals surface area contributed by atoms with Crippen molar-refractivity contribution in [3.63, 3.8) is 0 Å². The molecule has 2 N–H and O–H groups in total. The van der Waals surface area contributed by atoms with Gasteiger partial charge in [-0.15, -0.1) is 0 Å². The highest BCUT2D eigenvalue weighted by atomic mass is 35.5. The number of para-hydroxylation sites is 1. The maximum atomic E-state index is 13.0. The van der Waals surface area contributed by atoms with Crippen molar-refractivity contribution in [1.82, 2.24) is 9.97 Å². The molecule has 0 unspecified atom stereocenters. The molecule has 1 amide bonds. The minimum absolute atomic E-state index is 0.137. The molecule has 0 bridgehead atoms. The molecule has 3 aromatic rings.